The van der Waals surface area contributed by atoms with E-state index >= 15 is 0 Å². The lowest BCUT2D eigenvalue weighted by Gasteiger charge is -2.08. The summed E-state index contributed by atoms with van der Waals surface area (Å²) < 4.78 is 5.69. The third kappa shape index (κ3) is 4.86. The molecule has 0 saturated heterocycles. The Hall–Kier alpha value is -2.04. The fraction of sp³-hybridized carbons (Fsp3) is 0.385. The fourth-order valence-corrected chi connectivity index (χ4v) is 1.38. The Bertz CT molecular complexity index is 437. The number of benzene rings is 1. The van der Waals surface area contributed by atoms with Crippen molar-refractivity contribution in [2.45, 2.75) is 26.7 Å². The van der Waals surface area contributed by atoms with Gasteiger partial charge in [-0.05, 0) is 25.5 Å². The maximum atomic E-state index is 5.69. The van der Waals surface area contributed by atoms with E-state index in [9.17, 15) is 0 Å². The first-order valence-electron chi connectivity index (χ1n) is 5.99. The van der Waals surface area contributed by atoms with Crippen molar-refractivity contribution >= 4 is 12.2 Å². The van der Waals surface area contributed by atoms with E-state index in [2.05, 4.69) is 17.1 Å². The Balaban J connectivity index is 2.82. The van der Waals surface area contributed by atoms with Crippen molar-refractivity contribution in [2.24, 2.45) is 21.7 Å². The van der Waals surface area contributed by atoms with Gasteiger partial charge in [0.1, 0.15) is 5.75 Å². The molecule has 0 radical (unpaired) electrons. The van der Waals surface area contributed by atoms with Crippen molar-refractivity contribution in [3.8, 4) is 5.75 Å². The number of unbranched alkanes of at least 4 members (excludes halogenated alkanes) is 1. The molecule has 0 aromatic heterocycles. The van der Waals surface area contributed by atoms with Crippen molar-refractivity contribution in [1.82, 2.24) is 0 Å². The molecule has 0 heterocycles. The van der Waals surface area contributed by atoms with Crippen LogP contribution in [0.25, 0.3) is 0 Å². The normalized spacial score (nSPS) is 10.6. The van der Waals surface area contributed by atoms with Crippen molar-refractivity contribution in [2.75, 3.05) is 6.61 Å². The number of aryl methyl sites for hydroxylation is 1. The molecule has 98 valence electrons. The summed E-state index contributed by atoms with van der Waals surface area (Å²) in [5.74, 6) is 0.732. The number of ether oxygens (including phenoxy) is 1. The maximum absolute atomic E-state index is 5.69. The molecule has 4 N–H and O–H groups in total. The highest BCUT2D eigenvalue weighted by Gasteiger charge is 2.01. The number of nitrogens with two attached hydrogens (primary N) is 2. The smallest absolute Gasteiger partial charge is 0.211 e. The van der Waals surface area contributed by atoms with Gasteiger partial charge in [-0.3, -0.25) is 0 Å². The van der Waals surface area contributed by atoms with Crippen LogP contribution in [0.5, 0.6) is 5.75 Å². The van der Waals surface area contributed by atoms with Crippen molar-refractivity contribution < 1.29 is 4.74 Å². The number of hydrogen-bond donors (Lipinski definition) is 2. The predicted octanol–water partition coefficient (Wildman–Crippen LogP) is 1.78. The minimum atomic E-state index is -0.0626. The van der Waals surface area contributed by atoms with E-state index in [0.29, 0.717) is 6.61 Å². The van der Waals surface area contributed by atoms with Gasteiger partial charge in [0.2, 0.25) is 5.96 Å². The molecule has 0 spiro atoms. The van der Waals surface area contributed by atoms with Crippen LogP contribution in [-0.2, 0) is 0 Å². The molecule has 0 bridgehead atoms. The van der Waals surface area contributed by atoms with E-state index < -0.39 is 0 Å². The Morgan fingerprint density at radius 1 is 1.39 bits per heavy atom. The lowest BCUT2D eigenvalue weighted by atomic mass is 10.1. The average Bonchev–Trinajstić information content (AvgIpc) is 2.31. The van der Waals surface area contributed by atoms with Gasteiger partial charge in [0.15, 0.2) is 0 Å². The second-order valence-electron chi connectivity index (χ2n) is 4.01. The number of guanidine groups is 1. The summed E-state index contributed by atoms with van der Waals surface area (Å²) in [5, 5.41) is 7.38. The molecule has 0 aliphatic rings. The van der Waals surface area contributed by atoms with Crippen molar-refractivity contribution in [1.29, 1.82) is 0 Å². The zero-order chi connectivity index (χ0) is 13.4. The third-order valence-electron chi connectivity index (χ3n) is 2.29. The second kappa shape index (κ2) is 7.32. The number of rotatable bonds is 6. The van der Waals surface area contributed by atoms with Crippen molar-refractivity contribution in [3.05, 3.63) is 29.3 Å². The Morgan fingerprint density at radius 2 is 2.17 bits per heavy atom. The van der Waals surface area contributed by atoms with E-state index in [0.717, 1.165) is 29.7 Å². The van der Waals surface area contributed by atoms with Crippen LogP contribution in [0.2, 0.25) is 0 Å². The van der Waals surface area contributed by atoms with Crippen LogP contribution < -0.4 is 16.2 Å². The predicted molar refractivity (Wildman–Crippen MR) is 75.0 cm³/mol. The lowest BCUT2D eigenvalue weighted by Crippen LogP contribution is -2.21. The van der Waals surface area contributed by atoms with Gasteiger partial charge in [-0.1, -0.05) is 25.0 Å². The van der Waals surface area contributed by atoms with Crippen LogP contribution in [0.4, 0.5) is 0 Å². The monoisotopic (exact) mass is 248 g/mol. The summed E-state index contributed by atoms with van der Waals surface area (Å²) >= 11 is 0. The molecule has 1 aromatic rings. The molecule has 5 nitrogen and oxygen atoms in total. The molecule has 5 heteroatoms. The highest BCUT2D eigenvalue weighted by atomic mass is 16.5. The maximum Gasteiger partial charge on any atom is 0.211 e. The summed E-state index contributed by atoms with van der Waals surface area (Å²) in [6.45, 7) is 4.83. The summed E-state index contributed by atoms with van der Waals surface area (Å²) in [6.07, 6.45) is 3.72. The minimum absolute atomic E-state index is 0.0626. The highest BCUT2D eigenvalue weighted by molar-refractivity contribution is 5.84. The van der Waals surface area contributed by atoms with Gasteiger partial charge >= 0.3 is 0 Å². The van der Waals surface area contributed by atoms with Crippen molar-refractivity contribution in [3.63, 3.8) is 0 Å². The Kier molecular flexibility index (Phi) is 5.70. The SMILES string of the molecule is CCCCOc1ccc(C)cc1C=NN=C(N)N. The molecule has 0 saturated carbocycles. The van der Waals surface area contributed by atoms with Crippen LogP contribution in [0, 0.1) is 6.92 Å². The molecule has 1 rings (SSSR count). The summed E-state index contributed by atoms with van der Waals surface area (Å²) in [5.41, 5.74) is 12.4. The van der Waals surface area contributed by atoms with E-state index in [1.807, 2.05) is 25.1 Å². The Labute approximate surface area is 108 Å². The van der Waals surface area contributed by atoms with E-state index in [1.165, 1.54) is 0 Å². The zero-order valence-corrected chi connectivity index (χ0v) is 10.9. The summed E-state index contributed by atoms with van der Waals surface area (Å²) in [6, 6.07) is 5.91. The summed E-state index contributed by atoms with van der Waals surface area (Å²) in [4.78, 5) is 0. The quantitative estimate of drug-likeness (QED) is 0.348. The Morgan fingerprint density at radius 3 is 2.83 bits per heavy atom. The van der Waals surface area contributed by atoms with Crippen LogP contribution in [0.15, 0.2) is 28.4 Å². The van der Waals surface area contributed by atoms with Gasteiger partial charge in [-0.15, -0.1) is 5.10 Å². The molecular weight excluding hydrogens is 228 g/mol. The molecule has 0 fully saturated rings. The van der Waals surface area contributed by atoms with E-state index in [-0.39, 0.29) is 5.96 Å². The molecule has 0 unspecified atom stereocenters. The average molecular weight is 248 g/mol. The van der Waals surface area contributed by atoms with Gasteiger partial charge < -0.3 is 16.2 Å². The minimum Gasteiger partial charge on any atom is -0.493 e. The second-order valence-corrected chi connectivity index (χ2v) is 4.01. The third-order valence-corrected chi connectivity index (χ3v) is 2.29. The van der Waals surface area contributed by atoms with Gasteiger partial charge in [0.25, 0.3) is 0 Å². The molecule has 18 heavy (non-hydrogen) atoms. The lowest BCUT2D eigenvalue weighted by molar-refractivity contribution is 0.309. The standard InChI is InChI=1S/C13H20N4O/c1-3-4-7-18-12-6-5-10(2)8-11(12)9-16-17-13(14)15/h5-6,8-9H,3-4,7H2,1-2H3,(H4,14,15,17). The van der Waals surface area contributed by atoms with Gasteiger partial charge in [-0.2, -0.15) is 5.10 Å². The fourth-order valence-electron chi connectivity index (χ4n) is 1.38. The molecule has 1 aromatic carbocycles. The molecule has 0 aliphatic heterocycles. The first-order chi connectivity index (χ1) is 8.63. The summed E-state index contributed by atoms with van der Waals surface area (Å²) in [7, 11) is 0. The van der Waals surface area contributed by atoms with Crippen LogP contribution in [-0.4, -0.2) is 18.8 Å². The van der Waals surface area contributed by atoms with E-state index in [4.69, 9.17) is 16.2 Å². The zero-order valence-electron chi connectivity index (χ0n) is 10.9. The topological polar surface area (TPSA) is 86.0 Å². The first kappa shape index (κ1) is 14.0. The van der Waals surface area contributed by atoms with Crippen LogP contribution in [0.1, 0.15) is 30.9 Å². The highest BCUT2D eigenvalue weighted by Crippen LogP contribution is 2.18. The molecule has 0 amide bonds. The molecular formula is C13H20N4O. The molecule has 0 atom stereocenters. The van der Waals surface area contributed by atoms with Crippen LogP contribution in [0.3, 0.4) is 0 Å². The molecule has 0 aliphatic carbocycles. The number of nitrogens with zero attached hydrogens (tertiary/aromatic N) is 2. The number of hydrogen-bond acceptors (Lipinski definition) is 3. The van der Waals surface area contributed by atoms with Gasteiger partial charge in [0, 0.05) is 5.56 Å². The van der Waals surface area contributed by atoms with E-state index in [1.54, 1.807) is 6.21 Å². The van der Waals surface area contributed by atoms with Gasteiger partial charge in [0.05, 0.1) is 12.8 Å². The first-order valence-corrected chi connectivity index (χ1v) is 5.99. The van der Waals surface area contributed by atoms with Gasteiger partial charge in [-0.25, -0.2) is 0 Å². The largest absolute Gasteiger partial charge is 0.493 e. The van der Waals surface area contributed by atoms with Crippen LogP contribution >= 0.6 is 0 Å².